The first kappa shape index (κ1) is 20.7. The highest BCUT2D eigenvalue weighted by atomic mass is 79.9. The van der Waals surface area contributed by atoms with E-state index in [9.17, 15) is 4.79 Å². The molecule has 9 heteroatoms. The van der Waals surface area contributed by atoms with Crippen LogP contribution >= 0.6 is 47.8 Å². The molecule has 1 N–H and O–H groups in total. The van der Waals surface area contributed by atoms with Crippen molar-refractivity contribution in [3.05, 3.63) is 49.3 Å². The van der Waals surface area contributed by atoms with E-state index in [1.807, 2.05) is 12.1 Å². The number of hydrogen-bond acceptors (Lipinski definition) is 5. The summed E-state index contributed by atoms with van der Waals surface area (Å²) in [4.78, 5) is 11.8. The molecule has 26 heavy (non-hydrogen) atoms. The van der Waals surface area contributed by atoms with E-state index in [0.717, 1.165) is 19.0 Å². The first-order valence-electron chi connectivity index (χ1n) is 7.26. The van der Waals surface area contributed by atoms with Crippen molar-refractivity contribution in [3.63, 3.8) is 0 Å². The molecule has 0 saturated heterocycles. The zero-order valence-corrected chi connectivity index (χ0v) is 18.6. The van der Waals surface area contributed by atoms with Gasteiger partial charge in [-0.25, -0.2) is 5.43 Å². The molecule has 0 bridgehead atoms. The van der Waals surface area contributed by atoms with Gasteiger partial charge in [-0.3, -0.25) is 4.79 Å². The minimum absolute atomic E-state index is 0.160. The molecule has 6 nitrogen and oxygen atoms in total. The van der Waals surface area contributed by atoms with Crippen LogP contribution in [-0.2, 0) is 4.79 Å². The summed E-state index contributed by atoms with van der Waals surface area (Å²) in [6.45, 7) is -0.160. The van der Waals surface area contributed by atoms with Gasteiger partial charge in [0.15, 0.2) is 18.1 Å². The number of hydrogen-bond donors (Lipinski definition) is 1. The van der Waals surface area contributed by atoms with Crippen LogP contribution in [0, 0.1) is 0 Å². The van der Waals surface area contributed by atoms with Crippen molar-refractivity contribution in [1.29, 1.82) is 0 Å². The summed E-state index contributed by atoms with van der Waals surface area (Å²) in [6.07, 6.45) is 1.50. The number of rotatable bonds is 7. The smallest absolute Gasteiger partial charge is 0.277 e. The average molecular weight is 551 g/mol. The second-order valence-electron chi connectivity index (χ2n) is 4.89. The standard InChI is InChI=1S/C17H15Br3N2O4/c1-24-15-6-10(5-13(20)17(15)25-2)8-21-22-16(23)9-26-14-4-3-11(18)7-12(14)19/h3-8H,9H2,1-2H3,(H,22,23)/b21-8+. The molecular formula is C17H15Br3N2O4. The highest BCUT2D eigenvalue weighted by Gasteiger charge is 2.10. The maximum Gasteiger partial charge on any atom is 0.277 e. The molecule has 0 heterocycles. The Labute approximate surface area is 176 Å². The first-order chi connectivity index (χ1) is 12.4. The third kappa shape index (κ3) is 5.72. The Morgan fingerprint density at radius 1 is 1.08 bits per heavy atom. The van der Waals surface area contributed by atoms with Gasteiger partial charge in [-0.2, -0.15) is 5.10 Å². The van der Waals surface area contributed by atoms with Crippen molar-refractivity contribution >= 4 is 59.9 Å². The van der Waals surface area contributed by atoms with Crippen LogP contribution in [0.5, 0.6) is 17.2 Å². The Bertz CT molecular complexity index is 828. The van der Waals surface area contributed by atoms with Gasteiger partial charge in [0.25, 0.3) is 5.91 Å². The number of halogens is 3. The molecule has 0 fully saturated rings. The van der Waals surface area contributed by atoms with E-state index in [-0.39, 0.29) is 12.5 Å². The number of amides is 1. The van der Waals surface area contributed by atoms with E-state index in [2.05, 4.69) is 58.3 Å². The second kappa shape index (κ2) is 9.94. The van der Waals surface area contributed by atoms with Gasteiger partial charge in [-0.15, -0.1) is 0 Å². The molecule has 0 aromatic heterocycles. The molecule has 2 rings (SSSR count). The maximum absolute atomic E-state index is 11.8. The van der Waals surface area contributed by atoms with E-state index in [0.29, 0.717) is 17.2 Å². The molecule has 2 aromatic carbocycles. The quantitative estimate of drug-likeness (QED) is 0.406. The Hall–Kier alpha value is -1.58. The van der Waals surface area contributed by atoms with E-state index in [1.54, 1.807) is 32.4 Å². The number of hydrazone groups is 1. The summed E-state index contributed by atoms with van der Waals surface area (Å²) in [6, 6.07) is 8.96. The number of carbonyl (C=O) groups excluding carboxylic acids is 1. The van der Waals surface area contributed by atoms with Crippen LogP contribution in [0.3, 0.4) is 0 Å². The topological polar surface area (TPSA) is 69.2 Å². The van der Waals surface area contributed by atoms with Crippen LogP contribution in [0.1, 0.15) is 5.56 Å². The molecule has 0 spiro atoms. The van der Waals surface area contributed by atoms with Crippen molar-refractivity contribution < 1.29 is 19.0 Å². The van der Waals surface area contributed by atoms with Crippen LogP contribution in [0.4, 0.5) is 0 Å². The predicted molar refractivity (Wildman–Crippen MR) is 110 cm³/mol. The Morgan fingerprint density at radius 2 is 1.85 bits per heavy atom. The summed E-state index contributed by atoms with van der Waals surface area (Å²) in [5, 5.41) is 3.92. The normalized spacial score (nSPS) is 10.7. The van der Waals surface area contributed by atoms with Gasteiger partial charge in [0.2, 0.25) is 0 Å². The molecule has 138 valence electrons. The lowest BCUT2D eigenvalue weighted by Crippen LogP contribution is -2.24. The van der Waals surface area contributed by atoms with E-state index < -0.39 is 0 Å². The molecule has 0 radical (unpaired) electrons. The van der Waals surface area contributed by atoms with Crippen LogP contribution in [0.25, 0.3) is 0 Å². The fourth-order valence-corrected chi connectivity index (χ4v) is 3.74. The lowest BCUT2D eigenvalue weighted by molar-refractivity contribution is -0.123. The third-order valence-corrected chi connectivity index (χ3v) is 4.81. The number of nitrogens with zero attached hydrogens (tertiary/aromatic N) is 1. The summed E-state index contributed by atoms with van der Waals surface area (Å²) >= 11 is 10.1. The monoisotopic (exact) mass is 548 g/mol. The van der Waals surface area contributed by atoms with Crippen molar-refractivity contribution in [3.8, 4) is 17.2 Å². The number of carbonyl (C=O) groups is 1. The molecule has 0 aliphatic rings. The van der Waals surface area contributed by atoms with Crippen molar-refractivity contribution in [2.75, 3.05) is 20.8 Å². The van der Waals surface area contributed by atoms with Crippen LogP contribution in [0.2, 0.25) is 0 Å². The Balaban J connectivity index is 1.93. The van der Waals surface area contributed by atoms with Gasteiger partial charge in [0.1, 0.15) is 5.75 Å². The zero-order chi connectivity index (χ0) is 19.1. The van der Waals surface area contributed by atoms with Gasteiger partial charge in [0, 0.05) is 4.47 Å². The van der Waals surface area contributed by atoms with E-state index in [4.69, 9.17) is 14.2 Å². The minimum Gasteiger partial charge on any atom is -0.493 e. The molecule has 0 atom stereocenters. The lowest BCUT2D eigenvalue weighted by atomic mass is 10.2. The number of nitrogens with one attached hydrogen (secondary N) is 1. The fraction of sp³-hybridized carbons (Fsp3) is 0.176. The Morgan fingerprint density at radius 3 is 2.50 bits per heavy atom. The minimum atomic E-state index is -0.379. The first-order valence-corrected chi connectivity index (χ1v) is 9.63. The molecule has 0 aliphatic heterocycles. The summed E-state index contributed by atoms with van der Waals surface area (Å²) < 4.78 is 18.3. The van der Waals surface area contributed by atoms with Gasteiger partial charge >= 0.3 is 0 Å². The van der Waals surface area contributed by atoms with Crippen LogP contribution < -0.4 is 19.6 Å². The van der Waals surface area contributed by atoms with Gasteiger partial charge in [-0.05, 0) is 67.8 Å². The third-order valence-electron chi connectivity index (χ3n) is 3.11. The van der Waals surface area contributed by atoms with Gasteiger partial charge in [0.05, 0.1) is 29.4 Å². The largest absolute Gasteiger partial charge is 0.493 e. The van der Waals surface area contributed by atoms with Crippen LogP contribution in [-0.4, -0.2) is 32.9 Å². The zero-order valence-electron chi connectivity index (χ0n) is 13.9. The predicted octanol–water partition coefficient (Wildman–Crippen LogP) is 4.52. The molecular weight excluding hydrogens is 536 g/mol. The fourth-order valence-electron chi connectivity index (χ4n) is 1.96. The highest BCUT2D eigenvalue weighted by molar-refractivity contribution is 9.11. The van der Waals surface area contributed by atoms with E-state index in [1.165, 1.54) is 6.21 Å². The SMILES string of the molecule is COc1cc(/C=N/NC(=O)COc2ccc(Br)cc2Br)cc(Br)c1OC. The van der Waals surface area contributed by atoms with Gasteiger partial charge < -0.3 is 14.2 Å². The summed E-state index contributed by atoms with van der Waals surface area (Å²) in [5.74, 6) is 1.33. The summed E-state index contributed by atoms with van der Waals surface area (Å²) in [5.41, 5.74) is 3.14. The highest BCUT2D eigenvalue weighted by Crippen LogP contribution is 2.35. The van der Waals surface area contributed by atoms with E-state index >= 15 is 0 Å². The second-order valence-corrected chi connectivity index (χ2v) is 7.52. The van der Waals surface area contributed by atoms with Crippen LogP contribution in [0.15, 0.2) is 48.9 Å². The molecule has 0 aliphatic carbocycles. The maximum atomic E-state index is 11.8. The molecule has 2 aromatic rings. The lowest BCUT2D eigenvalue weighted by Gasteiger charge is -2.10. The van der Waals surface area contributed by atoms with Crippen molar-refractivity contribution in [2.45, 2.75) is 0 Å². The van der Waals surface area contributed by atoms with Gasteiger partial charge in [-0.1, -0.05) is 15.9 Å². The number of benzene rings is 2. The Kier molecular flexibility index (Phi) is 7.92. The molecule has 1 amide bonds. The van der Waals surface area contributed by atoms with Crippen molar-refractivity contribution in [2.24, 2.45) is 5.10 Å². The molecule has 0 unspecified atom stereocenters. The summed E-state index contributed by atoms with van der Waals surface area (Å²) in [7, 11) is 3.10. The average Bonchev–Trinajstić information content (AvgIpc) is 2.60. The number of ether oxygens (including phenoxy) is 3. The number of methoxy groups -OCH3 is 2. The van der Waals surface area contributed by atoms with Crippen molar-refractivity contribution in [1.82, 2.24) is 5.43 Å². The molecule has 0 saturated carbocycles.